The van der Waals surface area contributed by atoms with Crippen molar-refractivity contribution in [1.82, 2.24) is 5.43 Å². The quantitative estimate of drug-likeness (QED) is 0.193. The van der Waals surface area contributed by atoms with Gasteiger partial charge in [0.1, 0.15) is 5.75 Å². The summed E-state index contributed by atoms with van der Waals surface area (Å²) in [4.78, 5) is 24.5. The molecular weight excluding hydrogens is 452 g/mol. The van der Waals surface area contributed by atoms with E-state index in [2.05, 4.69) is 10.5 Å². The summed E-state index contributed by atoms with van der Waals surface area (Å²) in [6.07, 6.45) is 1.44. The fourth-order valence-corrected chi connectivity index (χ4v) is 2.94. The summed E-state index contributed by atoms with van der Waals surface area (Å²) in [5.41, 5.74) is 3.40. The monoisotopic (exact) mass is 478 g/mol. The minimum Gasteiger partial charge on any atom is -0.497 e. The van der Waals surface area contributed by atoms with E-state index in [0.717, 1.165) is 0 Å². The van der Waals surface area contributed by atoms with Gasteiger partial charge in [0.2, 0.25) is 0 Å². The smallest absolute Gasteiger partial charge is 0.343 e. The van der Waals surface area contributed by atoms with Crippen molar-refractivity contribution in [3.05, 3.63) is 77.9 Å². The molecule has 3 aromatic rings. The lowest BCUT2D eigenvalue weighted by Crippen LogP contribution is -2.24. The van der Waals surface area contributed by atoms with Gasteiger partial charge < -0.3 is 23.7 Å². The van der Waals surface area contributed by atoms with E-state index in [1.54, 1.807) is 73.8 Å². The van der Waals surface area contributed by atoms with Gasteiger partial charge >= 0.3 is 5.97 Å². The van der Waals surface area contributed by atoms with Crippen LogP contribution in [-0.2, 0) is 4.79 Å². The highest BCUT2D eigenvalue weighted by Crippen LogP contribution is 2.29. The van der Waals surface area contributed by atoms with Crippen LogP contribution >= 0.6 is 0 Å². The average Bonchev–Trinajstić information content (AvgIpc) is 2.89. The zero-order valence-corrected chi connectivity index (χ0v) is 19.6. The molecule has 1 amide bonds. The van der Waals surface area contributed by atoms with E-state index < -0.39 is 11.9 Å². The number of hydrazone groups is 1. The van der Waals surface area contributed by atoms with Crippen molar-refractivity contribution in [1.29, 1.82) is 0 Å². The molecule has 0 atom stereocenters. The molecule has 9 heteroatoms. The van der Waals surface area contributed by atoms with Gasteiger partial charge in [0, 0.05) is 0 Å². The van der Waals surface area contributed by atoms with Gasteiger partial charge in [-0.15, -0.1) is 0 Å². The molecule has 0 bridgehead atoms. The van der Waals surface area contributed by atoms with Crippen LogP contribution in [0.25, 0.3) is 0 Å². The van der Waals surface area contributed by atoms with Crippen molar-refractivity contribution < 1.29 is 33.3 Å². The average molecular weight is 479 g/mol. The Bertz CT molecular complexity index is 1180. The van der Waals surface area contributed by atoms with Gasteiger partial charge in [-0.05, 0) is 67.1 Å². The van der Waals surface area contributed by atoms with Crippen LogP contribution in [0.4, 0.5) is 0 Å². The molecule has 0 saturated carbocycles. The third-order valence-electron chi connectivity index (χ3n) is 4.63. The van der Waals surface area contributed by atoms with Crippen molar-refractivity contribution in [3.8, 4) is 28.7 Å². The van der Waals surface area contributed by atoms with Crippen LogP contribution < -0.4 is 29.1 Å². The number of benzene rings is 3. The molecule has 3 rings (SSSR count). The Morgan fingerprint density at radius 3 is 2.29 bits per heavy atom. The lowest BCUT2D eigenvalue weighted by molar-refractivity contribution is -0.123. The van der Waals surface area contributed by atoms with Crippen LogP contribution in [0.1, 0.15) is 22.8 Å². The molecule has 35 heavy (non-hydrogen) atoms. The Kier molecular flexibility index (Phi) is 9.07. The number of hydrogen-bond donors (Lipinski definition) is 1. The van der Waals surface area contributed by atoms with Crippen LogP contribution in [0.2, 0.25) is 0 Å². The minimum absolute atomic E-state index is 0.234. The van der Waals surface area contributed by atoms with Gasteiger partial charge in [-0.1, -0.05) is 12.1 Å². The topological polar surface area (TPSA) is 105 Å². The molecule has 0 aliphatic carbocycles. The van der Waals surface area contributed by atoms with E-state index in [0.29, 0.717) is 40.7 Å². The molecule has 0 unspecified atom stereocenters. The van der Waals surface area contributed by atoms with E-state index in [9.17, 15) is 9.59 Å². The number of methoxy groups -OCH3 is 2. The number of para-hydroxylation sites is 2. The fourth-order valence-electron chi connectivity index (χ4n) is 2.94. The molecule has 0 fully saturated rings. The van der Waals surface area contributed by atoms with E-state index >= 15 is 0 Å². The predicted octanol–water partition coefficient (Wildman–Crippen LogP) is 3.85. The number of ether oxygens (including phenoxy) is 5. The third-order valence-corrected chi connectivity index (χ3v) is 4.63. The van der Waals surface area contributed by atoms with Crippen molar-refractivity contribution >= 4 is 18.1 Å². The number of esters is 1. The van der Waals surface area contributed by atoms with E-state index in [-0.39, 0.29) is 12.4 Å². The first-order valence-electron chi connectivity index (χ1n) is 10.7. The maximum Gasteiger partial charge on any atom is 0.343 e. The Labute approximate surface area is 203 Å². The number of rotatable bonds is 11. The van der Waals surface area contributed by atoms with Crippen LogP contribution in [0.5, 0.6) is 28.7 Å². The van der Waals surface area contributed by atoms with Gasteiger partial charge in [-0.3, -0.25) is 4.79 Å². The number of hydrogen-bond acceptors (Lipinski definition) is 8. The zero-order chi connectivity index (χ0) is 25.0. The van der Waals surface area contributed by atoms with Gasteiger partial charge in [-0.2, -0.15) is 5.10 Å². The molecule has 0 saturated heterocycles. The van der Waals surface area contributed by atoms with Gasteiger partial charge in [0.15, 0.2) is 29.6 Å². The third kappa shape index (κ3) is 7.23. The Morgan fingerprint density at radius 2 is 1.60 bits per heavy atom. The summed E-state index contributed by atoms with van der Waals surface area (Å²) >= 11 is 0. The second kappa shape index (κ2) is 12.6. The Balaban J connectivity index is 1.59. The van der Waals surface area contributed by atoms with Crippen molar-refractivity contribution in [2.75, 3.05) is 27.4 Å². The van der Waals surface area contributed by atoms with Gasteiger partial charge in [-0.25, -0.2) is 10.2 Å². The molecule has 1 N–H and O–H groups in total. The van der Waals surface area contributed by atoms with Crippen LogP contribution in [0.3, 0.4) is 0 Å². The largest absolute Gasteiger partial charge is 0.497 e. The van der Waals surface area contributed by atoms with Crippen LogP contribution in [0.15, 0.2) is 71.8 Å². The summed E-state index contributed by atoms with van der Waals surface area (Å²) in [6, 6.07) is 18.5. The zero-order valence-electron chi connectivity index (χ0n) is 19.6. The highest BCUT2D eigenvalue weighted by molar-refractivity contribution is 5.92. The summed E-state index contributed by atoms with van der Waals surface area (Å²) in [7, 11) is 3.07. The molecule has 182 valence electrons. The molecule has 0 aromatic heterocycles. The van der Waals surface area contributed by atoms with Crippen molar-refractivity contribution in [2.45, 2.75) is 6.92 Å². The van der Waals surface area contributed by atoms with Crippen molar-refractivity contribution in [2.24, 2.45) is 5.10 Å². The molecule has 9 nitrogen and oxygen atoms in total. The summed E-state index contributed by atoms with van der Waals surface area (Å²) in [6.45, 7) is 1.95. The number of nitrogens with one attached hydrogen (secondary N) is 1. The Morgan fingerprint density at radius 1 is 0.857 bits per heavy atom. The van der Waals surface area contributed by atoms with Gasteiger partial charge in [0.05, 0.1) is 32.6 Å². The summed E-state index contributed by atoms with van der Waals surface area (Å²) < 4.78 is 26.9. The highest BCUT2D eigenvalue weighted by Gasteiger charge is 2.13. The SMILES string of the molecule is CCOc1cc(/C=N/NC(=O)COc2ccccc2OC)ccc1OC(=O)c1ccc(OC)cc1. The van der Waals surface area contributed by atoms with E-state index in [4.69, 9.17) is 23.7 Å². The van der Waals surface area contributed by atoms with Gasteiger partial charge in [0.25, 0.3) is 5.91 Å². The normalized spacial score (nSPS) is 10.5. The van der Waals surface area contributed by atoms with Crippen LogP contribution in [-0.4, -0.2) is 45.5 Å². The number of amides is 1. The first kappa shape index (κ1) is 25.1. The summed E-state index contributed by atoms with van der Waals surface area (Å²) in [5, 5.41) is 3.94. The molecule has 0 aliphatic rings. The highest BCUT2D eigenvalue weighted by atomic mass is 16.6. The fraction of sp³-hybridized carbons (Fsp3) is 0.192. The van der Waals surface area contributed by atoms with E-state index in [1.807, 2.05) is 6.92 Å². The standard InChI is InChI=1S/C26H26N2O7/c1-4-33-24-15-18(9-14-23(24)35-26(30)19-10-12-20(31-2)13-11-19)16-27-28-25(29)17-34-22-8-6-5-7-21(22)32-3/h5-16H,4,17H2,1-3H3,(H,28,29)/b27-16+. The number of carbonyl (C=O) groups is 2. The first-order valence-corrected chi connectivity index (χ1v) is 10.7. The lowest BCUT2D eigenvalue weighted by Gasteiger charge is -2.11. The summed E-state index contributed by atoms with van der Waals surface area (Å²) in [5.74, 6) is 1.27. The maximum absolute atomic E-state index is 12.5. The molecule has 0 radical (unpaired) electrons. The van der Waals surface area contributed by atoms with Crippen LogP contribution in [0, 0.1) is 0 Å². The Hall–Kier alpha value is -4.53. The second-order valence-corrected chi connectivity index (χ2v) is 6.99. The van der Waals surface area contributed by atoms with Crippen molar-refractivity contribution in [3.63, 3.8) is 0 Å². The number of carbonyl (C=O) groups excluding carboxylic acids is 2. The molecule has 0 spiro atoms. The van der Waals surface area contributed by atoms with E-state index in [1.165, 1.54) is 13.3 Å². The minimum atomic E-state index is -0.530. The lowest BCUT2D eigenvalue weighted by atomic mass is 10.2. The molecule has 0 heterocycles. The first-order chi connectivity index (χ1) is 17.0. The number of nitrogens with zero attached hydrogens (tertiary/aromatic N) is 1. The molecule has 0 aliphatic heterocycles. The maximum atomic E-state index is 12.5. The predicted molar refractivity (Wildman–Crippen MR) is 130 cm³/mol. The molecule has 3 aromatic carbocycles. The second-order valence-electron chi connectivity index (χ2n) is 6.99. The molecular formula is C26H26N2O7.